The Morgan fingerprint density at radius 1 is 1.25 bits per heavy atom. The third-order valence-corrected chi connectivity index (χ3v) is 4.70. The minimum atomic E-state index is 0.263. The zero-order valence-corrected chi connectivity index (χ0v) is 14.4. The third kappa shape index (κ3) is 4.34. The van der Waals surface area contributed by atoms with Crippen molar-refractivity contribution in [3.05, 3.63) is 44.9 Å². The number of hydrogen-bond acceptors (Lipinski definition) is 1. The highest BCUT2D eigenvalue weighted by Gasteiger charge is 2.18. The van der Waals surface area contributed by atoms with Crippen molar-refractivity contribution in [3.8, 4) is 0 Å². The van der Waals surface area contributed by atoms with Gasteiger partial charge in [0, 0.05) is 9.50 Å². The fraction of sp³-hybridized carbons (Fsp3) is 0.529. The van der Waals surface area contributed by atoms with E-state index in [0.717, 1.165) is 16.0 Å². The van der Waals surface area contributed by atoms with E-state index >= 15 is 0 Å². The van der Waals surface area contributed by atoms with Crippen molar-refractivity contribution in [1.82, 2.24) is 5.32 Å². The minimum absolute atomic E-state index is 0.263. The second-order valence-electron chi connectivity index (χ2n) is 5.39. The lowest BCUT2D eigenvalue weighted by atomic mass is 9.91. The van der Waals surface area contributed by atoms with Crippen LogP contribution in [0.3, 0.4) is 0 Å². The number of nitrogens with one attached hydrogen (secondary N) is 1. The van der Waals surface area contributed by atoms with Gasteiger partial charge in [0.05, 0.1) is 6.04 Å². The Morgan fingerprint density at radius 3 is 2.80 bits per heavy atom. The van der Waals surface area contributed by atoms with E-state index in [0.29, 0.717) is 0 Å². The summed E-state index contributed by atoms with van der Waals surface area (Å²) < 4.78 is 1.04. The van der Waals surface area contributed by atoms with Crippen LogP contribution >= 0.6 is 27.5 Å². The number of rotatable bonds is 4. The fourth-order valence-electron chi connectivity index (χ4n) is 2.86. The van der Waals surface area contributed by atoms with E-state index in [9.17, 15) is 0 Å². The summed E-state index contributed by atoms with van der Waals surface area (Å²) in [5.41, 5.74) is 2.71. The Kier molecular flexibility index (Phi) is 6.60. The zero-order valence-electron chi connectivity index (χ0n) is 12.1. The maximum atomic E-state index is 6.46. The molecule has 0 aromatic heterocycles. The summed E-state index contributed by atoms with van der Waals surface area (Å²) in [7, 11) is 0. The highest BCUT2D eigenvalue weighted by molar-refractivity contribution is 9.10. The lowest BCUT2D eigenvalue weighted by Crippen LogP contribution is -2.23. The molecule has 2 rings (SSSR count). The van der Waals surface area contributed by atoms with E-state index in [1.807, 2.05) is 6.07 Å². The summed E-state index contributed by atoms with van der Waals surface area (Å²) in [5, 5.41) is 4.45. The molecule has 0 fully saturated rings. The third-order valence-electron chi connectivity index (χ3n) is 3.88. The summed E-state index contributed by atoms with van der Waals surface area (Å²) >= 11 is 9.94. The second kappa shape index (κ2) is 8.21. The monoisotopic (exact) mass is 355 g/mol. The number of halogens is 2. The molecule has 1 nitrogen and oxygen atoms in total. The Labute approximate surface area is 135 Å². The Morgan fingerprint density at radius 2 is 2.05 bits per heavy atom. The van der Waals surface area contributed by atoms with Crippen LogP contribution in [0.25, 0.3) is 0 Å². The van der Waals surface area contributed by atoms with Crippen molar-refractivity contribution in [2.45, 2.75) is 51.5 Å². The molecular formula is C17H23BrClN. The molecule has 1 aromatic carbocycles. The first-order chi connectivity index (χ1) is 9.72. The van der Waals surface area contributed by atoms with E-state index < -0.39 is 0 Å². The largest absolute Gasteiger partial charge is 0.307 e. The first kappa shape index (κ1) is 16.1. The van der Waals surface area contributed by atoms with Crippen molar-refractivity contribution in [3.63, 3.8) is 0 Å². The van der Waals surface area contributed by atoms with E-state index in [4.69, 9.17) is 11.6 Å². The minimum Gasteiger partial charge on any atom is -0.307 e. The highest BCUT2D eigenvalue weighted by Crippen LogP contribution is 2.34. The van der Waals surface area contributed by atoms with Crippen molar-refractivity contribution in [2.24, 2.45) is 0 Å². The number of hydrogen-bond donors (Lipinski definition) is 1. The van der Waals surface area contributed by atoms with Crippen molar-refractivity contribution >= 4 is 27.5 Å². The molecular weight excluding hydrogens is 334 g/mol. The first-order valence-electron chi connectivity index (χ1n) is 7.59. The number of benzene rings is 1. The van der Waals surface area contributed by atoms with Crippen molar-refractivity contribution in [2.75, 3.05) is 6.54 Å². The second-order valence-corrected chi connectivity index (χ2v) is 6.71. The summed E-state index contributed by atoms with van der Waals surface area (Å²) in [6.07, 6.45) is 10.2. The van der Waals surface area contributed by atoms with Gasteiger partial charge in [0.1, 0.15) is 0 Å². The topological polar surface area (TPSA) is 12.0 Å². The molecule has 110 valence electrons. The predicted octanol–water partition coefficient (Wildman–Crippen LogP) is 6.03. The molecule has 1 aliphatic carbocycles. The van der Waals surface area contributed by atoms with E-state index in [1.165, 1.54) is 49.7 Å². The fourth-order valence-corrected chi connectivity index (χ4v) is 3.64. The molecule has 0 bridgehead atoms. The van der Waals surface area contributed by atoms with Gasteiger partial charge in [0.2, 0.25) is 0 Å². The summed E-state index contributed by atoms with van der Waals surface area (Å²) in [4.78, 5) is 0. The number of likely N-dealkylation sites (N-methyl/N-ethyl adjacent to an activating group) is 1. The molecule has 0 saturated carbocycles. The van der Waals surface area contributed by atoms with Gasteiger partial charge in [-0.1, -0.05) is 65.0 Å². The maximum absolute atomic E-state index is 6.46. The summed E-state index contributed by atoms with van der Waals surface area (Å²) in [5.74, 6) is 0. The van der Waals surface area contributed by atoms with E-state index in [2.05, 4.69) is 46.4 Å². The van der Waals surface area contributed by atoms with Gasteiger partial charge in [-0.3, -0.25) is 0 Å². The number of allylic oxidation sites excluding steroid dienone is 1. The summed E-state index contributed by atoms with van der Waals surface area (Å²) in [6.45, 7) is 3.11. The first-order valence-corrected chi connectivity index (χ1v) is 8.76. The molecule has 1 aliphatic rings. The lowest BCUT2D eigenvalue weighted by Gasteiger charge is -2.24. The van der Waals surface area contributed by atoms with Crippen LogP contribution in [0.5, 0.6) is 0 Å². The molecule has 3 heteroatoms. The summed E-state index contributed by atoms with van der Waals surface area (Å²) in [6, 6.07) is 6.47. The van der Waals surface area contributed by atoms with Gasteiger partial charge < -0.3 is 5.32 Å². The molecule has 1 atom stereocenters. The smallest absolute Gasteiger partial charge is 0.0550 e. The lowest BCUT2D eigenvalue weighted by molar-refractivity contribution is 0.554. The van der Waals surface area contributed by atoms with Crippen LogP contribution in [0.2, 0.25) is 5.02 Å². The average molecular weight is 357 g/mol. The quantitative estimate of drug-likeness (QED) is 0.649. The van der Waals surface area contributed by atoms with Crippen LogP contribution in [0, 0.1) is 0 Å². The molecule has 0 aliphatic heterocycles. The molecule has 1 aromatic rings. The van der Waals surface area contributed by atoms with Crippen LogP contribution in [-0.2, 0) is 0 Å². The van der Waals surface area contributed by atoms with Crippen LogP contribution < -0.4 is 5.32 Å². The molecule has 0 radical (unpaired) electrons. The zero-order chi connectivity index (χ0) is 14.4. The normalized spacial score (nSPS) is 20.6. The molecule has 20 heavy (non-hydrogen) atoms. The average Bonchev–Trinajstić information content (AvgIpc) is 2.37. The Balaban J connectivity index is 2.29. The van der Waals surface area contributed by atoms with Crippen molar-refractivity contribution < 1.29 is 0 Å². The van der Waals surface area contributed by atoms with Crippen LogP contribution in [0.1, 0.15) is 57.1 Å². The standard InChI is InChI=1S/C17H23BrClN/c1-2-20-17(13-8-6-4-3-5-7-9-13)15-11-10-14(18)12-16(15)19/h8,10-12,17,20H,2-7,9H2,1H3/b13-8+. The molecule has 0 heterocycles. The van der Waals surface area contributed by atoms with Gasteiger partial charge in [-0.05, 0) is 49.9 Å². The van der Waals surface area contributed by atoms with Gasteiger partial charge in [-0.25, -0.2) is 0 Å². The van der Waals surface area contributed by atoms with Crippen molar-refractivity contribution in [1.29, 1.82) is 0 Å². The predicted molar refractivity (Wildman–Crippen MR) is 91.4 cm³/mol. The maximum Gasteiger partial charge on any atom is 0.0550 e. The van der Waals surface area contributed by atoms with Gasteiger partial charge >= 0.3 is 0 Å². The Hall–Kier alpha value is -0.310. The van der Waals surface area contributed by atoms with Crippen LogP contribution in [0.15, 0.2) is 34.3 Å². The van der Waals surface area contributed by atoms with E-state index in [-0.39, 0.29) is 6.04 Å². The van der Waals surface area contributed by atoms with Crippen LogP contribution in [0.4, 0.5) is 0 Å². The Bertz CT molecular complexity index is 470. The SMILES string of the molecule is CCNC(/C1=C/CCCCCC1)c1ccc(Br)cc1Cl. The molecule has 1 N–H and O–H groups in total. The van der Waals surface area contributed by atoms with Gasteiger partial charge in [0.25, 0.3) is 0 Å². The van der Waals surface area contributed by atoms with Gasteiger partial charge in [-0.15, -0.1) is 0 Å². The molecule has 0 amide bonds. The van der Waals surface area contributed by atoms with E-state index in [1.54, 1.807) is 0 Å². The molecule has 1 unspecified atom stereocenters. The van der Waals surface area contributed by atoms with Gasteiger partial charge in [-0.2, -0.15) is 0 Å². The molecule has 0 saturated heterocycles. The van der Waals surface area contributed by atoms with Crippen LogP contribution in [-0.4, -0.2) is 6.54 Å². The van der Waals surface area contributed by atoms with Gasteiger partial charge in [0.15, 0.2) is 0 Å². The highest BCUT2D eigenvalue weighted by atomic mass is 79.9. The molecule has 0 spiro atoms.